The van der Waals surface area contributed by atoms with E-state index in [1.807, 2.05) is 36.4 Å². The van der Waals surface area contributed by atoms with Gasteiger partial charge in [0.05, 0.1) is 6.61 Å². The van der Waals surface area contributed by atoms with Crippen molar-refractivity contribution in [2.75, 3.05) is 6.61 Å². The van der Waals surface area contributed by atoms with Crippen LogP contribution in [-0.2, 0) is 20.7 Å². The van der Waals surface area contributed by atoms with Gasteiger partial charge in [-0.25, -0.2) is 0 Å². The zero-order valence-corrected chi connectivity index (χ0v) is 13.9. The van der Waals surface area contributed by atoms with Crippen LogP contribution in [0.25, 0.3) is 10.8 Å². The second-order valence-corrected chi connectivity index (χ2v) is 6.16. The fraction of sp³-hybridized carbons (Fsp3) is 0.350. The Morgan fingerprint density at radius 3 is 2.67 bits per heavy atom. The minimum atomic E-state index is -1.00. The van der Waals surface area contributed by atoms with Crippen molar-refractivity contribution in [2.45, 2.75) is 26.7 Å². The van der Waals surface area contributed by atoms with E-state index < -0.39 is 17.8 Å². The maximum absolute atomic E-state index is 13.0. The number of benzene rings is 2. The molecule has 0 aliphatic heterocycles. The van der Waals surface area contributed by atoms with Crippen LogP contribution in [0.5, 0.6) is 0 Å². The van der Waals surface area contributed by atoms with Crippen molar-refractivity contribution in [2.24, 2.45) is 11.8 Å². The van der Waals surface area contributed by atoms with Crippen LogP contribution >= 0.6 is 0 Å². The third kappa shape index (κ3) is 2.73. The third-order valence-corrected chi connectivity index (χ3v) is 4.73. The molecule has 24 heavy (non-hydrogen) atoms. The van der Waals surface area contributed by atoms with E-state index in [-0.39, 0.29) is 18.2 Å². The minimum absolute atomic E-state index is 0.129. The number of ketones is 2. The molecule has 4 nitrogen and oxygen atoms in total. The first-order chi connectivity index (χ1) is 11.5. The molecule has 4 heteroatoms. The lowest BCUT2D eigenvalue weighted by atomic mass is 9.73. The summed E-state index contributed by atoms with van der Waals surface area (Å²) in [4.78, 5) is 37.1. The number of hydrogen-bond donors (Lipinski definition) is 0. The summed E-state index contributed by atoms with van der Waals surface area (Å²) >= 11 is 0. The summed E-state index contributed by atoms with van der Waals surface area (Å²) in [6, 6.07) is 11.7. The molecule has 0 fully saturated rings. The summed E-state index contributed by atoms with van der Waals surface area (Å²) in [5, 5.41) is 2.16. The van der Waals surface area contributed by atoms with Crippen LogP contribution in [0.15, 0.2) is 36.4 Å². The normalized spacial score (nSPS) is 18.1. The van der Waals surface area contributed by atoms with E-state index in [0.29, 0.717) is 18.4 Å². The van der Waals surface area contributed by atoms with Gasteiger partial charge >= 0.3 is 5.97 Å². The monoisotopic (exact) mass is 324 g/mol. The molecule has 0 unspecified atom stereocenters. The first-order valence-corrected chi connectivity index (χ1v) is 8.26. The number of ether oxygens (including phenoxy) is 1. The smallest absolute Gasteiger partial charge is 0.317 e. The van der Waals surface area contributed by atoms with Crippen LogP contribution in [0.1, 0.15) is 36.2 Å². The molecule has 2 atom stereocenters. The first kappa shape index (κ1) is 16.4. The Morgan fingerprint density at radius 2 is 1.96 bits per heavy atom. The van der Waals surface area contributed by atoms with E-state index >= 15 is 0 Å². The lowest BCUT2D eigenvalue weighted by Crippen LogP contribution is -2.38. The molecule has 1 aliphatic rings. The first-order valence-electron chi connectivity index (χ1n) is 8.26. The van der Waals surface area contributed by atoms with Gasteiger partial charge in [0, 0.05) is 11.5 Å². The number of carbonyl (C=O) groups is 3. The van der Waals surface area contributed by atoms with Gasteiger partial charge in [-0.2, -0.15) is 0 Å². The van der Waals surface area contributed by atoms with Gasteiger partial charge in [-0.05, 0) is 43.0 Å². The van der Waals surface area contributed by atoms with Crippen LogP contribution in [-0.4, -0.2) is 24.1 Å². The molecule has 3 rings (SSSR count). The standard InChI is InChI=1S/C20H20O4/c1-3-24-20(23)18(12(2)21)17-11-10-15-14-7-5-4-6-13(14)8-9-16(15)19(17)22/h4-9,17-18H,3,10-11H2,1-2H3/t17-,18+/m0/s1. The highest BCUT2D eigenvalue weighted by atomic mass is 16.5. The number of fused-ring (bicyclic) bond motifs is 3. The van der Waals surface area contributed by atoms with Gasteiger partial charge in [-0.1, -0.05) is 36.4 Å². The van der Waals surface area contributed by atoms with Crippen molar-refractivity contribution in [1.29, 1.82) is 0 Å². The summed E-state index contributed by atoms with van der Waals surface area (Å²) in [5.74, 6) is -2.66. The zero-order valence-electron chi connectivity index (χ0n) is 13.9. The summed E-state index contributed by atoms with van der Waals surface area (Å²) in [5.41, 5.74) is 1.64. The Morgan fingerprint density at radius 1 is 1.21 bits per heavy atom. The van der Waals surface area contributed by atoms with Gasteiger partial charge in [0.1, 0.15) is 11.7 Å². The molecule has 0 heterocycles. The molecule has 0 spiro atoms. The molecule has 1 aliphatic carbocycles. The van der Waals surface area contributed by atoms with E-state index in [2.05, 4.69) is 0 Å². The van der Waals surface area contributed by atoms with Gasteiger partial charge in [-0.3, -0.25) is 14.4 Å². The summed E-state index contributed by atoms with van der Waals surface area (Å²) < 4.78 is 5.01. The molecule has 0 aromatic heterocycles. The average molecular weight is 324 g/mol. The molecule has 0 amide bonds. The molecule has 124 valence electrons. The van der Waals surface area contributed by atoms with Crippen molar-refractivity contribution >= 4 is 28.3 Å². The Labute approximate surface area is 140 Å². The van der Waals surface area contributed by atoms with Gasteiger partial charge in [0.25, 0.3) is 0 Å². The van der Waals surface area contributed by atoms with Crippen molar-refractivity contribution in [3.8, 4) is 0 Å². The predicted molar refractivity (Wildman–Crippen MR) is 90.9 cm³/mol. The largest absolute Gasteiger partial charge is 0.465 e. The Hall–Kier alpha value is -2.49. The molecule has 0 saturated heterocycles. The molecule has 2 aromatic rings. The lowest BCUT2D eigenvalue weighted by Gasteiger charge is -2.28. The fourth-order valence-electron chi connectivity index (χ4n) is 3.63. The second-order valence-electron chi connectivity index (χ2n) is 6.16. The highest BCUT2D eigenvalue weighted by Crippen LogP contribution is 2.35. The highest BCUT2D eigenvalue weighted by molar-refractivity contribution is 6.10. The molecular weight excluding hydrogens is 304 g/mol. The zero-order chi connectivity index (χ0) is 17.3. The number of hydrogen-bond acceptors (Lipinski definition) is 4. The molecule has 0 bridgehead atoms. The van der Waals surface area contributed by atoms with Gasteiger partial charge < -0.3 is 4.74 Å². The summed E-state index contributed by atoms with van der Waals surface area (Å²) in [6.45, 7) is 3.24. The lowest BCUT2D eigenvalue weighted by molar-refractivity contribution is -0.152. The molecule has 2 aromatic carbocycles. The van der Waals surface area contributed by atoms with E-state index in [9.17, 15) is 14.4 Å². The van der Waals surface area contributed by atoms with Crippen LogP contribution in [0.3, 0.4) is 0 Å². The highest BCUT2D eigenvalue weighted by Gasteiger charge is 2.41. The Kier molecular flexibility index (Phi) is 4.47. The van der Waals surface area contributed by atoms with E-state index in [1.165, 1.54) is 6.92 Å². The van der Waals surface area contributed by atoms with Crippen molar-refractivity contribution in [1.82, 2.24) is 0 Å². The van der Waals surface area contributed by atoms with E-state index in [1.54, 1.807) is 6.92 Å². The van der Waals surface area contributed by atoms with Crippen LogP contribution < -0.4 is 0 Å². The van der Waals surface area contributed by atoms with Crippen LogP contribution in [0.2, 0.25) is 0 Å². The quantitative estimate of drug-likeness (QED) is 0.639. The maximum Gasteiger partial charge on any atom is 0.317 e. The number of Topliss-reactive ketones (excluding diaryl/α,β-unsaturated/α-hetero) is 2. The van der Waals surface area contributed by atoms with Crippen molar-refractivity contribution in [3.63, 3.8) is 0 Å². The second kappa shape index (κ2) is 6.56. The fourth-order valence-corrected chi connectivity index (χ4v) is 3.63. The number of esters is 1. The molecule has 0 radical (unpaired) electrons. The summed E-state index contributed by atoms with van der Waals surface area (Å²) in [6.07, 6.45) is 1.17. The summed E-state index contributed by atoms with van der Waals surface area (Å²) in [7, 11) is 0. The van der Waals surface area contributed by atoms with Gasteiger partial charge in [-0.15, -0.1) is 0 Å². The Bertz CT molecular complexity index is 821. The van der Waals surface area contributed by atoms with Crippen LogP contribution in [0.4, 0.5) is 0 Å². The number of carbonyl (C=O) groups excluding carboxylic acids is 3. The third-order valence-electron chi connectivity index (χ3n) is 4.73. The number of rotatable bonds is 4. The van der Waals surface area contributed by atoms with Crippen molar-refractivity contribution < 1.29 is 19.1 Å². The molecule has 0 saturated carbocycles. The molecular formula is C20H20O4. The Balaban J connectivity index is 2.01. The maximum atomic E-state index is 13.0. The van der Waals surface area contributed by atoms with Gasteiger partial charge in [0.2, 0.25) is 0 Å². The van der Waals surface area contributed by atoms with E-state index in [4.69, 9.17) is 4.74 Å². The molecule has 0 N–H and O–H groups in total. The topological polar surface area (TPSA) is 60.4 Å². The van der Waals surface area contributed by atoms with Crippen molar-refractivity contribution in [3.05, 3.63) is 47.5 Å². The average Bonchev–Trinajstić information content (AvgIpc) is 2.57. The van der Waals surface area contributed by atoms with Crippen LogP contribution in [0, 0.1) is 11.8 Å². The minimum Gasteiger partial charge on any atom is -0.465 e. The predicted octanol–water partition coefficient (Wildman–Crippen LogP) is 3.35. The SMILES string of the molecule is CCOC(=O)[C@H](C(C)=O)[C@@H]1CCc2c(ccc3ccccc23)C1=O. The number of aryl methyl sites for hydroxylation is 1. The van der Waals surface area contributed by atoms with E-state index in [0.717, 1.165) is 16.3 Å². The van der Waals surface area contributed by atoms with Gasteiger partial charge in [0.15, 0.2) is 5.78 Å².